The predicted octanol–water partition coefficient (Wildman–Crippen LogP) is 3.86. The highest BCUT2D eigenvalue weighted by molar-refractivity contribution is 6.35. The molecule has 154 valence electrons. The van der Waals surface area contributed by atoms with Crippen LogP contribution in [0.4, 0.5) is 5.69 Å². The number of pyridine rings is 1. The molecule has 0 saturated carbocycles. The van der Waals surface area contributed by atoms with Gasteiger partial charge in [0.05, 0.1) is 34.6 Å². The quantitative estimate of drug-likeness (QED) is 0.640. The van der Waals surface area contributed by atoms with E-state index >= 15 is 0 Å². The predicted molar refractivity (Wildman–Crippen MR) is 114 cm³/mol. The number of nitrogens with one attached hydrogen (secondary N) is 1. The number of nitrogens with zero attached hydrogens (tertiary/aromatic N) is 1. The molecule has 1 aliphatic rings. The number of anilines is 1. The average molecular weight is 427 g/mol. The van der Waals surface area contributed by atoms with E-state index < -0.39 is 17.3 Å². The Hall–Kier alpha value is -3.32. The Morgan fingerprint density at radius 1 is 1.23 bits per heavy atom. The molecule has 8 heteroatoms. The van der Waals surface area contributed by atoms with Crippen LogP contribution in [0.25, 0.3) is 10.9 Å². The largest absolute Gasteiger partial charge is 0.487 e. The highest BCUT2D eigenvalue weighted by Crippen LogP contribution is 2.33. The van der Waals surface area contributed by atoms with Gasteiger partial charge in [0.25, 0.3) is 5.91 Å². The number of esters is 1. The molecule has 1 unspecified atom stereocenters. The van der Waals surface area contributed by atoms with Crippen LogP contribution in [0.3, 0.4) is 0 Å². The Morgan fingerprint density at radius 2 is 1.97 bits per heavy atom. The minimum atomic E-state index is -0.560. The Balaban J connectivity index is 1.69. The van der Waals surface area contributed by atoms with Crippen molar-refractivity contribution >= 4 is 40.1 Å². The van der Waals surface area contributed by atoms with E-state index in [9.17, 15) is 14.4 Å². The first-order valence-electron chi connectivity index (χ1n) is 9.50. The van der Waals surface area contributed by atoms with E-state index in [4.69, 9.17) is 21.1 Å². The maximum atomic E-state index is 13.0. The van der Waals surface area contributed by atoms with Gasteiger partial charge in [0, 0.05) is 11.9 Å². The van der Waals surface area contributed by atoms with E-state index in [1.165, 1.54) is 6.20 Å². The number of amides is 1. The lowest BCUT2D eigenvalue weighted by molar-refractivity contribution is 0.0526. The maximum Gasteiger partial charge on any atom is 0.338 e. The number of aromatic nitrogens is 1. The standard InChI is InChI=1S/C22H19ClN2O5/c1-3-29-22(28)13-4-6-14(7-5-13)24-21(27)15-11-25-10-12(2)30-17-9-8-16(23)18(19(17)25)20(15)26/h4-9,11-12H,3,10H2,1-2H3,(H,24,27). The molecule has 7 nitrogen and oxygen atoms in total. The van der Waals surface area contributed by atoms with E-state index in [1.807, 2.05) is 11.5 Å². The van der Waals surface area contributed by atoms with Crippen molar-refractivity contribution in [1.29, 1.82) is 0 Å². The van der Waals surface area contributed by atoms with Crippen LogP contribution in [0.1, 0.15) is 34.6 Å². The van der Waals surface area contributed by atoms with Gasteiger partial charge in [0.2, 0.25) is 5.43 Å². The van der Waals surface area contributed by atoms with E-state index in [1.54, 1.807) is 43.3 Å². The summed E-state index contributed by atoms with van der Waals surface area (Å²) in [5.74, 6) is -0.439. The molecule has 0 bridgehead atoms. The van der Waals surface area contributed by atoms with E-state index in [0.29, 0.717) is 29.1 Å². The third-order valence-corrected chi connectivity index (χ3v) is 5.13. The summed E-state index contributed by atoms with van der Waals surface area (Å²) in [6.45, 7) is 4.40. The fourth-order valence-electron chi connectivity index (χ4n) is 3.50. The molecule has 3 aromatic rings. The summed E-state index contributed by atoms with van der Waals surface area (Å²) in [5, 5.41) is 3.22. The summed E-state index contributed by atoms with van der Waals surface area (Å²) in [7, 11) is 0. The Bertz CT molecular complexity index is 1220. The third kappa shape index (κ3) is 3.52. The Labute approximate surface area is 177 Å². The molecule has 4 rings (SSSR count). The van der Waals surface area contributed by atoms with Crippen molar-refractivity contribution in [2.75, 3.05) is 11.9 Å². The summed E-state index contributed by atoms with van der Waals surface area (Å²) < 4.78 is 12.6. The summed E-state index contributed by atoms with van der Waals surface area (Å²) in [4.78, 5) is 37.7. The molecule has 0 aliphatic carbocycles. The van der Waals surface area contributed by atoms with E-state index in [0.717, 1.165) is 0 Å². The second-order valence-electron chi connectivity index (χ2n) is 6.97. The number of hydrogen-bond donors (Lipinski definition) is 1. The minimum absolute atomic E-state index is 0.0230. The first-order chi connectivity index (χ1) is 14.4. The topological polar surface area (TPSA) is 86.6 Å². The number of carbonyl (C=O) groups is 2. The van der Waals surface area contributed by atoms with Crippen molar-refractivity contribution in [3.8, 4) is 5.75 Å². The number of halogens is 1. The van der Waals surface area contributed by atoms with Crippen LogP contribution >= 0.6 is 11.6 Å². The average Bonchev–Trinajstić information content (AvgIpc) is 2.72. The number of rotatable bonds is 4. The van der Waals surface area contributed by atoms with Gasteiger partial charge in [-0.2, -0.15) is 0 Å². The van der Waals surface area contributed by atoms with Gasteiger partial charge in [-0.15, -0.1) is 0 Å². The second-order valence-corrected chi connectivity index (χ2v) is 7.38. The maximum absolute atomic E-state index is 13.0. The molecule has 0 radical (unpaired) electrons. The van der Waals surface area contributed by atoms with Crippen molar-refractivity contribution in [3.63, 3.8) is 0 Å². The lowest BCUT2D eigenvalue weighted by Gasteiger charge is -2.26. The van der Waals surface area contributed by atoms with Crippen molar-refractivity contribution in [2.45, 2.75) is 26.5 Å². The highest BCUT2D eigenvalue weighted by atomic mass is 35.5. The van der Waals surface area contributed by atoms with Gasteiger partial charge in [-0.05, 0) is 50.2 Å². The SMILES string of the molecule is CCOC(=O)c1ccc(NC(=O)c2cn3c4c(ccc(Cl)c4c2=O)OC(C)C3)cc1. The van der Waals surface area contributed by atoms with Crippen molar-refractivity contribution < 1.29 is 19.1 Å². The Kier molecular flexibility index (Phi) is 5.22. The van der Waals surface area contributed by atoms with Gasteiger partial charge in [0.15, 0.2) is 0 Å². The molecule has 30 heavy (non-hydrogen) atoms. The van der Waals surface area contributed by atoms with Crippen molar-refractivity contribution in [2.24, 2.45) is 0 Å². The fourth-order valence-corrected chi connectivity index (χ4v) is 3.73. The van der Waals surface area contributed by atoms with E-state index in [-0.39, 0.29) is 28.7 Å². The minimum Gasteiger partial charge on any atom is -0.487 e. The lowest BCUT2D eigenvalue weighted by atomic mass is 10.1. The molecule has 2 aromatic carbocycles. The normalized spacial score (nSPS) is 14.8. The van der Waals surface area contributed by atoms with E-state index in [2.05, 4.69) is 5.32 Å². The highest BCUT2D eigenvalue weighted by Gasteiger charge is 2.24. The Morgan fingerprint density at radius 3 is 2.67 bits per heavy atom. The van der Waals surface area contributed by atoms with Crippen LogP contribution in [-0.2, 0) is 11.3 Å². The molecule has 1 amide bonds. The van der Waals surface area contributed by atoms with Gasteiger partial charge in [-0.3, -0.25) is 9.59 Å². The van der Waals surface area contributed by atoms with Crippen molar-refractivity contribution in [1.82, 2.24) is 4.57 Å². The fraction of sp³-hybridized carbons (Fsp3) is 0.227. The summed E-state index contributed by atoms with van der Waals surface area (Å²) in [6.07, 6.45) is 1.42. The van der Waals surface area contributed by atoms with Crippen LogP contribution < -0.4 is 15.5 Å². The zero-order valence-corrected chi connectivity index (χ0v) is 17.2. The second kappa shape index (κ2) is 7.84. The number of carbonyl (C=O) groups excluding carboxylic acids is 2. The number of benzene rings is 2. The monoisotopic (exact) mass is 426 g/mol. The summed E-state index contributed by atoms with van der Waals surface area (Å²) in [6, 6.07) is 9.57. The van der Waals surface area contributed by atoms with Gasteiger partial charge in [-0.25, -0.2) is 4.79 Å². The molecule has 0 fully saturated rings. The molecule has 1 aliphatic heterocycles. The first-order valence-corrected chi connectivity index (χ1v) is 9.87. The van der Waals surface area contributed by atoms with Crippen LogP contribution in [0, 0.1) is 0 Å². The van der Waals surface area contributed by atoms with Gasteiger partial charge in [-0.1, -0.05) is 11.6 Å². The molecule has 1 N–H and O–H groups in total. The zero-order valence-electron chi connectivity index (χ0n) is 16.4. The van der Waals surface area contributed by atoms with Crippen LogP contribution in [0.2, 0.25) is 5.02 Å². The van der Waals surface area contributed by atoms with Crippen LogP contribution in [-0.4, -0.2) is 29.2 Å². The molecule has 0 saturated heterocycles. The summed E-state index contributed by atoms with van der Waals surface area (Å²) in [5.41, 5.74) is 0.916. The third-order valence-electron chi connectivity index (χ3n) is 4.81. The number of ether oxygens (including phenoxy) is 2. The van der Waals surface area contributed by atoms with Gasteiger partial charge in [0.1, 0.15) is 17.4 Å². The van der Waals surface area contributed by atoms with Crippen LogP contribution in [0.5, 0.6) is 5.75 Å². The lowest BCUT2D eigenvalue weighted by Crippen LogP contribution is -2.30. The van der Waals surface area contributed by atoms with Crippen molar-refractivity contribution in [3.05, 3.63) is 69.0 Å². The van der Waals surface area contributed by atoms with Crippen LogP contribution in [0.15, 0.2) is 47.4 Å². The molecule has 2 heterocycles. The molecular formula is C22H19ClN2O5. The molecule has 1 atom stereocenters. The molecule has 1 aromatic heterocycles. The number of hydrogen-bond acceptors (Lipinski definition) is 5. The molecule has 0 spiro atoms. The first kappa shape index (κ1) is 20.0. The van der Waals surface area contributed by atoms with Gasteiger partial charge < -0.3 is 19.4 Å². The summed E-state index contributed by atoms with van der Waals surface area (Å²) >= 11 is 6.29. The zero-order chi connectivity index (χ0) is 21.4. The molecular weight excluding hydrogens is 408 g/mol. The van der Waals surface area contributed by atoms with Gasteiger partial charge >= 0.3 is 5.97 Å². The smallest absolute Gasteiger partial charge is 0.338 e.